The summed E-state index contributed by atoms with van der Waals surface area (Å²) in [6, 6.07) is -0.873. The lowest BCUT2D eigenvalue weighted by Gasteiger charge is -2.33. The first-order chi connectivity index (χ1) is 7.78. The van der Waals surface area contributed by atoms with Gasteiger partial charge in [0.15, 0.2) is 0 Å². The predicted molar refractivity (Wildman–Crippen MR) is 59.7 cm³/mol. The summed E-state index contributed by atoms with van der Waals surface area (Å²) in [6.45, 7) is 5.92. The number of carboxylic acids is 1. The minimum atomic E-state index is -0.911. The van der Waals surface area contributed by atoms with E-state index in [1.54, 1.807) is 20.8 Å². The van der Waals surface area contributed by atoms with Crippen LogP contribution >= 0.6 is 0 Å². The van der Waals surface area contributed by atoms with Gasteiger partial charge in [0.25, 0.3) is 0 Å². The maximum atomic E-state index is 11.9. The third-order valence-corrected chi connectivity index (χ3v) is 3.04. The molecule has 6 nitrogen and oxygen atoms in total. The van der Waals surface area contributed by atoms with Gasteiger partial charge < -0.3 is 14.7 Å². The Bertz CT molecular complexity index is 350. The first kappa shape index (κ1) is 12.2. The number of piperazine rings is 1. The fourth-order valence-electron chi connectivity index (χ4n) is 2.43. The van der Waals surface area contributed by atoms with E-state index in [9.17, 15) is 9.59 Å². The summed E-state index contributed by atoms with van der Waals surface area (Å²) in [5.41, 5.74) is -0.551. The van der Waals surface area contributed by atoms with E-state index in [0.29, 0.717) is 13.0 Å². The smallest absolute Gasteiger partial charge is 0.410 e. The highest BCUT2D eigenvalue weighted by atomic mass is 16.6. The zero-order chi connectivity index (χ0) is 12.8. The van der Waals surface area contributed by atoms with Gasteiger partial charge in [-0.05, 0) is 27.2 Å². The Balaban J connectivity index is 2.04. The number of carboxylic acid groups (broad SMARTS) is 1. The van der Waals surface area contributed by atoms with Crippen LogP contribution in [0.2, 0.25) is 0 Å². The predicted octanol–water partition coefficient (Wildman–Crippen LogP) is 0.421. The van der Waals surface area contributed by atoms with Crippen LogP contribution in [0, 0.1) is 0 Å². The normalized spacial score (nSPS) is 31.7. The van der Waals surface area contributed by atoms with Crippen LogP contribution < -0.4 is 5.32 Å². The number of fused-ring (bicyclic) bond motifs is 2. The molecule has 96 valence electrons. The van der Waals surface area contributed by atoms with Crippen molar-refractivity contribution in [3.8, 4) is 0 Å². The van der Waals surface area contributed by atoms with Crippen molar-refractivity contribution in [1.29, 1.82) is 0 Å². The molecule has 2 fully saturated rings. The van der Waals surface area contributed by atoms with Crippen molar-refractivity contribution in [2.75, 3.05) is 6.54 Å². The molecular formula is C11H18N2O4. The van der Waals surface area contributed by atoms with E-state index in [1.807, 2.05) is 0 Å². The van der Waals surface area contributed by atoms with Crippen molar-refractivity contribution in [3.05, 3.63) is 0 Å². The van der Waals surface area contributed by atoms with Crippen LogP contribution in [-0.4, -0.2) is 52.3 Å². The van der Waals surface area contributed by atoms with Crippen LogP contribution in [0.4, 0.5) is 4.79 Å². The number of hydrogen-bond donors (Lipinski definition) is 2. The number of carbonyl (C=O) groups is 2. The second-order valence-electron chi connectivity index (χ2n) is 5.62. The molecule has 2 aliphatic rings. The maximum absolute atomic E-state index is 11.9. The minimum absolute atomic E-state index is 0.0774. The summed E-state index contributed by atoms with van der Waals surface area (Å²) in [5, 5.41) is 12.0. The molecular weight excluding hydrogens is 224 g/mol. The molecule has 2 heterocycles. The molecule has 2 aliphatic heterocycles. The summed E-state index contributed by atoms with van der Waals surface area (Å²) in [4.78, 5) is 24.4. The van der Waals surface area contributed by atoms with Crippen molar-refractivity contribution in [3.63, 3.8) is 0 Å². The molecule has 6 heteroatoms. The van der Waals surface area contributed by atoms with Crippen LogP contribution in [0.15, 0.2) is 0 Å². The van der Waals surface area contributed by atoms with E-state index in [1.165, 1.54) is 4.90 Å². The summed E-state index contributed by atoms with van der Waals surface area (Å²) in [5.74, 6) is -0.911. The SMILES string of the molecule is CC(C)(C)OC(=O)N1C[C@H]2C[C@@H]1C(C(=O)O)N2. The van der Waals surface area contributed by atoms with Gasteiger partial charge in [-0.15, -0.1) is 0 Å². The summed E-state index contributed by atoms with van der Waals surface area (Å²) < 4.78 is 5.27. The zero-order valence-electron chi connectivity index (χ0n) is 10.3. The number of amides is 1. The van der Waals surface area contributed by atoms with E-state index in [4.69, 9.17) is 9.84 Å². The quantitative estimate of drug-likeness (QED) is 0.696. The third kappa shape index (κ3) is 2.36. The molecule has 1 amide bonds. The van der Waals surface area contributed by atoms with E-state index in [2.05, 4.69) is 5.32 Å². The van der Waals surface area contributed by atoms with Crippen molar-refractivity contribution in [2.24, 2.45) is 0 Å². The molecule has 0 aliphatic carbocycles. The molecule has 0 aromatic carbocycles. The molecule has 0 radical (unpaired) electrons. The molecule has 2 saturated heterocycles. The zero-order valence-corrected chi connectivity index (χ0v) is 10.3. The first-order valence-electron chi connectivity index (χ1n) is 5.76. The Morgan fingerprint density at radius 2 is 2.06 bits per heavy atom. The third-order valence-electron chi connectivity index (χ3n) is 3.04. The Hall–Kier alpha value is -1.30. The largest absolute Gasteiger partial charge is 0.480 e. The summed E-state index contributed by atoms with van der Waals surface area (Å²) >= 11 is 0. The fraction of sp³-hybridized carbons (Fsp3) is 0.818. The summed E-state index contributed by atoms with van der Waals surface area (Å²) in [7, 11) is 0. The summed E-state index contributed by atoms with van der Waals surface area (Å²) in [6.07, 6.45) is 0.272. The van der Waals surface area contributed by atoms with Gasteiger partial charge in [0, 0.05) is 12.6 Å². The maximum Gasteiger partial charge on any atom is 0.410 e. The van der Waals surface area contributed by atoms with Gasteiger partial charge in [0.2, 0.25) is 0 Å². The molecule has 3 atom stereocenters. The molecule has 2 rings (SSSR count). The lowest BCUT2D eigenvalue weighted by atomic mass is 10.1. The second-order valence-corrected chi connectivity index (χ2v) is 5.62. The van der Waals surface area contributed by atoms with Crippen LogP contribution in [0.25, 0.3) is 0 Å². The van der Waals surface area contributed by atoms with Crippen molar-refractivity contribution in [2.45, 2.75) is 50.9 Å². The Morgan fingerprint density at radius 3 is 2.53 bits per heavy atom. The average Bonchev–Trinajstić information content (AvgIpc) is 2.72. The molecule has 0 spiro atoms. The molecule has 0 aromatic heterocycles. The van der Waals surface area contributed by atoms with E-state index in [0.717, 1.165) is 0 Å². The average molecular weight is 242 g/mol. The van der Waals surface area contributed by atoms with Crippen LogP contribution in [0.1, 0.15) is 27.2 Å². The Morgan fingerprint density at radius 1 is 1.41 bits per heavy atom. The topological polar surface area (TPSA) is 78.9 Å². The number of carbonyl (C=O) groups excluding carboxylic acids is 1. The highest BCUT2D eigenvalue weighted by molar-refractivity contribution is 5.78. The Labute approximate surface area is 99.9 Å². The van der Waals surface area contributed by atoms with Gasteiger partial charge in [0.1, 0.15) is 11.6 Å². The van der Waals surface area contributed by atoms with E-state index in [-0.39, 0.29) is 12.1 Å². The second kappa shape index (κ2) is 3.87. The number of ether oxygens (including phenoxy) is 1. The minimum Gasteiger partial charge on any atom is -0.480 e. The van der Waals surface area contributed by atoms with Gasteiger partial charge in [-0.2, -0.15) is 0 Å². The highest BCUT2D eigenvalue weighted by Crippen LogP contribution is 2.29. The highest BCUT2D eigenvalue weighted by Gasteiger charge is 2.50. The lowest BCUT2D eigenvalue weighted by molar-refractivity contribution is -0.140. The Kier molecular flexibility index (Phi) is 2.77. The van der Waals surface area contributed by atoms with Crippen molar-refractivity contribution >= 4 is 12.1 Å². The van der Waals surface area contributed by atoms with Crippen LogP contribution in [-0.2, 0) is 9.53 Å². The molecule has 2 bridgehead atoms. The number of rotatable bonds is 1. The number of likely N-dealkylation sites (tertiary alicyclic amines) is 1. The first-order valence-corrected chi connectivity index (χ1v) is 5.76. The van der Waals surface area contributed by atoms with Crippen LogP contribution in [0.3, 0.4) is 0 Å². The van der Waals surface area contributed by atoms with E-state index < -0.39 is 23.7 Å². The number of nitrogens with one attached hydrogen (secondary N) is 1. The van der Waals surface area contributed by atoms with Gasteiger partial charge in [-0.1, -0.05) is 0 Å². The lowest BCUT2D eigenvalue weighted by Crippen LogP contribution is -2.56. The molecule has 17 heavy (non-hydrogen) atoms. The molecule has 1 unspecified atom stereocenters. The van der Waals surface area contributed by atoms with Gasteiger partial charge in [0.05, 0.1) is 6.04 Å². The molecule has 0 saturated carbocycles. The monoisotopic (exact) mass is 242 g/mol. The fourth-order valence-corrected chi connectivity index (χ4v) is 2.43. The number of aliphatic carboxylic acids is 1. The number of nitrogens with zero attached hydrogens (tertiary/aromatic N) is 1. The molecule has 0 aromatic rings. The van der Waals surface area contributed by atoms with Gasteiger partial charge in [-0.3, -0.25) is 10.1 Å². The van der Waals surface area contributed by atoms with E-state index >= 15 is 0 Å². The molecule has 2 N–H and O–H groups in total. The van der Waals surface area contributed by atoms with Gasteiger partial charge >= 0.3 is 12.1 Å². The van der Waals surface area contributed by atoms with Crippen molar-refractivity contribution in [1.82, 2.24) is 10.2 Å². The number of hydrogen-bond acceptors (Lipinski definition) is 4. The van der Waals surface area contributed by atoms with Gasteiger partial charge in [-0.25, -0.2) is 4.79 Å². The van der Waals surface area contributed by atoms with Crippen LogP contribution in [0.5, 0.6) is 0 Å². The van der Waals surface area contributed by atoms with Crippen molar-refractivity contribution < 1.29 is 19.4 Å². The standard InChI is InChI=1S/C11H18N2O4/c1-11(2,3)17-10(16)13-5-6-4-7(13)8(12-6)9(14)15/h6-8,12H,4-5H2,1-3H3,(H,14,15)/t6-,7-,8?/m1/s1.